The van der Waals surface area contributed by atoms with Crippen molar-refractivity contribution in [1.82, 2.24) is 9.80 Å². The predicted octanol–water partition coefficient (Wildman–Crippen LogP) is 8.92. The van der Waals surface area contributed by atoms with E-state index in [0.717, 1.165) is 38.0 Å². The van der Waals surface area contributed by atoms with E-state index in [0.29, 0.717) is 8.64 Å². The molecule has 0 saturated heterocycles. The van der Waals surface area contributed by atoms with Crippen LogP contribution < -0.4 is 0 Å². The molecular weight excluding hydrogens is 597 g/mol. The van der Waals surface area contributed by atoms with Gasteiger partial charge in [-0.05, 0) is 37.5 Å². The van der Waals surface area contributed by atoms with Crippen LogP contribution in [-0.2, 0) is 43.3 Å². The summed E-state index contributed by atoms with van der Waals surface area (Å²) in [7, 11) is 4.09. The second-order valence-electron chi connectivity index (χ2n) is 8.96. The van der Waals surface area contributed by atoms with E-state index in [9.17, 15) is 0 Å². The fraction of sp³-hybridized carbons (Fsp3) is 0.923. The molecule has 0 aromatic heterocycles. The van der Waals surface area contributed by atoms with Gasteiger partial charge in [0.25, 0.3) is 0 Å². The van der Waals surface area contributed by atoms with Gasteiger partial charge in [-0.3, -0.25) is 0 Å². The first-order valence-electron chi connectivity index (χ1n) is 13.4. The molecule has 0 aromatic rings. The zero-order valence-corrected chi connectivity index (χ0v) is 28.9. The molecule has 8 heteroatoms. The van der Waals surface area contributed by atoms with Crippen LogP contribution in [0.1, 0.15) is 119 Å². The molecule has 0 spiro atoms. The SMILES string of the molecule is CCCCC(CC)CN(CCCC)C(=S)[S-].CCCCC(CC)CN(CCCC)C(=S)[S-].[S]=[Mo+2]. The first-order valence-corrected chi connectivity index (χ1v) is 17.8. The minimum absolute atomic E-state index is 0.656. The Bertz CT molecular complexity index is 428. The summed E-state index contributed by atoms with van der Waals surface area (Å²) in [6.45, 7) is 17.7. The third-order valence-corrected chi connectivity index (χ3v) is 7.16. The summed E-state index contributed by atoms with van der Waals surface area (Å²) in [5.41, 5.74) is 0. The Hall–Kier alpha value is 1.13. The van der Waals surface area contributed by atoms with Crippen LogP contribution in [0.25, 0.3) is 0 Å². The van der Waals surface area contributed by atoms with Crippen molar-refractivity contribution in [3.63, 3.8) is 0 Å². The van der Waals surface area contributed by atoms with Gasteiger partial charge >= 0.3 is 27.8 Å². The Morgan fingerprint density at radius 2 is 0.912 bits per heavy atom. The van der Waals surface area contributed by atoms with Crippen LogP contribution in [0.5, 0.6) is 0 Å². The van der Waals surface area contributed by atoms with Gasteiger partial charge in [-0.15, -0.1) is 0 Å². The molecule has 0 bridgehead atoms. The first kappa shape index (κ1) is 39.6. The van der Waals surface area contributed by atoms with Gasteiger partial charge in [0.2, 0.25) is 0 Å². The second kappa shape index (κ2) is 30.4. The van der Waals surface area contributed by atoms with E-state index in [4.69, 9.17) is 49.7 Å². The molecule has 0 aliphatic heterocycles. The molecule has 0 radical (unpaired) electrons. The molecule has 0 fully saturated rings. The monoisotopic (exact) mass is 650 g/mol. The van der Waals surface area contributed by atoms with Crippen molar-refractivity contribution in [3.8, 4) is 0 Å². The summed E-state index contributed by atoms with van der Waals surface area (Å²) in [6, 6.07) is 0. The van der Waals surface area contributed by atoms with Crippen LogP contribution in [-0.4, -0.2) is 44.6 Å². The van der Waals surface area contributed by atoms with E-state index in [1.807, 2.05) is 0 Å². The molecule has 0 aliphatic rings. The summed E-state index contributed by atoms with van der Waals surface area (Å²) < 4.78 is 1.31. The van der Waals surface area contributed by atoms with Crippen molar-refractivity contribution < 1.29 is 18.0 Å². The van der Waals surface area contributed by atoms with Gasteiger partial charge in [0.1, 0.15) is 0 Å². The van der Waals surface area contributed by atoms with Crippen molar-refractivity contribution in [1.29, 1.82) is 0 Å². The standard InChI is InChI=1S/2C13H27NS2.Mo.S/c2*1-4-7-9-12(6-3)11-14(13(15)16)10-8-5-2;;/h2*12H,4-11H2,1-3H3,(H,15,16);;/q;;+2;/p-2. The third kappa shape index (κ3) is 24.8. The zero-order chi connectivity index (χ0) is 26.8. The number of unbranched alkanes of at least 4 members (excludes halogenated alkanes) is 4. The number of thiocarbonyl (C=S) groups is 2. The maximum atomic E-state index is 5.15. The number of hydrogen-bond acceptors (Lipinski definition) is 5. The molecule has 0 aliphatic carbocycles. The Morgan fingerprint density at radius 3 is 1.12 bits per heavy atom. The summed E-state index contributed by atoms with van der Waals surface area (Å²) in [4.78, 5) is 4.44. The molecule has 202 valence electrons. The summed E-state index contributed by atoms with van der Waals surface area (Å²) in [6.07, 6.45) is 15.1. The van der Waals surface area contributed by atoms with E-state index in [1.165, 1.54) is 95.0 Å². The molecule has 0 saturated carbocycles. The molecule has 0 N–H and O–H groups in total. The average molecular weight is 649 g/mol. The van der Waals surface area contributed by atoms with E-state index in [2.05, 4.69) is 61.2 Å². The fourth-order valence-electron chi connectivity index (χ4n) is 3.67. The van der Waals surface area contributed by atoms with Gasteiger partial charge in [0.15, 0.2) is 0 Å². The summed E-state index contributed by atoms with van der Waals surface area (Å²) in [5, 5.41) is 0. The average Bonchev–Trinajstić information content (AvgIpc) is 2.84. The molecule has 0 aromatic carbocycles. The maximum absolute atomic E-state index is 5.15. The van der Waals surface area contributed by atoms with E-state index >= 15 is 0 Å². The molecule has 0 heterocycles. The van der Waals surface area contributed by atoms with Crippen molar-refractivity contribution in [2.75, 3.05) is 26.2 Å². The van der Waals surface area contributed by atoms with Crippen molar-refractivity contribution >= 4 is 68.2 Å². The van der Waals surface area contributed by atoms with Crippen LogP contribution in [0.3, 0.4) is 0 Å². The van der Waals surface area contributed by atoms with Gasteiger partial charge < -0.3 is 59.5 Å². The van der Waals surface area contributed by atoms with Crippen molar-refractivity contribution in [2.45, 2.75) is 119 Å². The van der Waals surface area contributed by atoms with Gasteiger partial charge in [-0.2, -0.15) is 0 Å². The number of hydrogen-bond donors (Lipinski definition) is 0. The van der Waals surface area contributed by atoms with Crippen molar-refractivity contribution in [3.05, 3.63) is 0 Å². The third-order valence-electron chi connectivity index (χ3n) is 6.12. The fourth-order valence-corrected chi connectivity index (χ4v) is 4.33. The quantitative estimate of drug-likeness (QED) is 0.0821. The summed E-state index contributed by atoms with van der Waals surface area (Å²) >= 11 is 22.1. The van der Waals surface area contributed by atoms with Crippen molar-refractivity contribution in [2.24, 2.45) is 11.8 Å². The number of rotatable bonds is 18. The molecule has 0 amide bonds. The van der Waals surface area contributed by atoms with E-state index in [1.54, 1.807) is 0 Å². The van der Waals surface area contributed by atoms with Gasteiger partial charge in [-0.25, -0.2) is 0 Å². The molecule has 2 unspecified atom stereocenters. The normalized spacial score (nSPS) is 11.8. The Kier molecular flexibility index (Phi) is 35.4. The van der Waals surface area contributed by atoms with Gasteiger partial charge in [0, 0.05) is 26.2 Å². The van der Waals surface area contributed by atoms with Crippen LogP contribution in [0.2, 0.25) is 0 Å². The van der Waals surface area contributed by atoms with Gasteiger partial charge in [0.05, 0.1) is 0 Å². The van der Waals surface area contributed by atoms with E-state index < -0.39 is 0 Å². The van der Waals surface area contributed by atoms with Crippen LogP contribution in [0.4, 0.5) is 0 Å². The number of nitrogens with zero attached hydrogens (tertiary/aromatic N) is 2. The molecule has 2 nitrogen and oxygen atoms in total. The zero-order valence-electron chi connectivity index (χ0n) is 22.8. The molecule has 34 heavy (non-hydrogen) atoms. The molecule has 2 atom stereocenters. The van der Waals surface area contributed by atoms with Crippen LogP contribution in [0, 0.1) is 11.8 Å². The minimum atomic E-state index is 0.656. The predicted molar refractivity (Wildman–Crippen MR) is 167 cm³/mol. The Balaban J connectivity index is -0.000000526. The Morgan fingerprint density at radius 1 is 0.618 bits per heavy atom. The van der Waals surface area contributed by atoms with Crippen LogP contribution in [0.15, 0.2) is 0 Å². The molecular formula is C26H52MoN2S5. The van der Waals surface area contributed by atoms with E-state index in [-0.39, 0.29) is 0 Å². The topological polar surface area (TPSA) is 6.48 Å². The molecule has 0 rings (SSSR count). The van der Waals surface area contributed by atoms with Gasteiger partial charge in [-0.1, -0.05) is 102 Å². The van der Waals surface area contributed by atoms with Crippen LogP contribution >= 0.6 is 34.3 Å². The Labute approximate surface area is 250 Å². The second-order valence-corrected chi connectivity index (χ2v) is 11.0. The summed E-state index contributed by atoms with van der Waals surface area (Å²) in [5.74, 6) is 1.52. The first-order chi connectivity index (χ1) is 16.3.